The number of methoxy groups -OCH3 is 1. The number of nitrogens with one attached hydrogen (secondary N) is 1. The molecule has 2 heterocycles. The molecule has 1 aromatic rings. The molecule has 0 aromatic heterocycles. The maximum absolute atomic E-state index is 12.4. The Bertz CT molecular complexity index is 660. The molecule has 2 aliphatic heterocycles. The number of carbonyl (C=O) groups is 1. The molecule has 156 valence electrons. The van der Waals surface area contributed by atoms with Crippen LogP contribution in [0.4, 0.5) is 4.79 Å². The van der Waals surface area contributed by atoms with Gasteiger partial charge in [-0.25, -0.2) is 4.79 Å². The van der Waals surface area contributed by atoms with Crippen molar-refractivity contribution in [2.24, 2.45) is 5.41 Å². The van der Waals surface area contributed by atoms with Gasteiger partial charge >= 0.3 is 6.09 Å². The number of amides is 1. The van der Waals surface area contributed by atoms with Gasteiger partial charge in [-0.05, 0) is 58.2 Å². The van der Waals surface area contributed by atoms with Gasteiger partial charge in [-0.3, -0.25) is 0 Å². The van der Waals surface area contributed by atoms with Crippen molar-refractivity contribution in [1.82, 2.24) is 10.2 Å². The van der Waals surface area contributed by atoms with Gasteiger partial charge in [0.25, 0.3) is 0 Å². The standard InChI is InChI=1S/C22H34N2O4/c1-16(17-6-8-18(26-5)9-7-17)23-19-14-27-15-22(19)10-12-24(13-11-22)20(25)28-21(2,3)4/h6-9,16,19,23H,10-15H2,1-5H3/t16-,19-/m1/s1. The number of carbonyl (C=O) groups excluding carboxylic acids is 1. The molecule has 1 amide bonds. The number of ether oxygens (including phenoxy) is 3. The molecule has 0 saturated carbocycles. The Balaban J connectivity index is 1.59. The third-order valence-electron chi connectivity index (χ3n) is 5.89. The number of rotatable bonds is 4. The minimum Gasteiger partial charge on any atom is -0.497 e. The van der Waals surface area contributed by atoms with E-state index in [1.54, 1.807) is 7.11 Å². The first kappa shape index (κ1) is 20.9. The predicted octanol–water partition coefficient (Wildman–Crippen LogP) is 3.76. The highest BCUT2D eigenvalue weighted by Gasteiger charge is 2.47. The molecule has 2 aliphatic rings. The summed E-state index contributed by atoms with van der Waals surface area (Å²) in [4.78, 5) is 14.2. The summed E-state index contributed by atoms with van der Waals surface area (Å²) < 4.78 is 16.7. The smallest absolute Gasteiger partial charge is 0.410 e. The van der Waals surface area contributed by atoms with Gasteiger partial charge in [0.2, 0.25) is 0 Å². The highest BCUT2D eigenvalue weighted by molar-refractivity contribution is 5.68. The van der Waals surface area contributed by atoms with Crippen LogP contribution in [0.25, 0.3) is 0 Å². The van der Waals surface area contributed by atoms with Gasteiger partial charge in [-0.1, -0.05) is 12.1 Å². The van der Waals surface area contributed by atoms with Crippen LogP contribution in [0.1, 0.15) is 52.1 Å². The summed E-state index contributed by atoms with van der Waals surface area (Å²) in [6.45, 7) is 10.8. The Labute approximate surface area is 168 Å². The van der Waals surface area contributed by atoms with Crippen LogP contribution in [0.3, 0.4) is 0 Å². The lowest BCUT2D eigenvalue weighted by Crippen LogP contribution is -2.53. The van der Waals surface area contributed by atoms with Gasteiger partial charge in [0, 0.05) is 30.6 Å². The number of hydrogen-bond donors (Lipinski definition) is 1. The normalized spacial score (nSPS) is 22.9. The largest absolute Gasteiger partial charge is 0.497 e. The monoisotopic (exact) mass is 390 g/mol. The second-order valence-electron chi connectivity index (χ2n) is 9.06. The Hall–Kier alpha value is -1.79. The quantitative estimate of drug-likeness (QED) is 0.848. The third-order valence-corrected chi connectivity index (χ3v) is 5.89. The highest BCUT2D eigenvalue weighted by atomic mass is 16.6. The summed E-state index contributed by atoms with van der Waals surface area (Å²) in [5, 5.41) is 3.77. The molecule has 0 unspecified atom stereocenters. The summed E-state index contributed by atoms with van der Waals surface area (Å²) in [5.41, 5.74) is 0.855. The minimum absolute atomic E-state index is 0.0826. The Morgan fingerprint density at radius 1 is 1.25 bits per heavy atom. The molecule has 0 radical (unpaired) electrons. The first-order valence-corrected chi connectivity index (χ1v) is 10.2. The second-order valence-corrected chi connectivity index (χ2v) is 9.06. The molecular weight excluding hydrogens is 356 g/mol. The Morgan fingerprint density at radius 3 is 2.46 bits per heavy atom. The molecule has 1 N–H and O–H groups in total. The zero-order valence-electron chi connectivity index (χ0n) is 17.8. The number of piperidine rings is 1. The van der Waals surface area contributed by atoms with Crippen LogP contribution in [0, 0.1) is 5.41 Å². The summed E-state index contributed by atoms with van der Waals surface area (Å²) >= 11 is 0. The zero-order chi connectivity index (χ0) is 20.4. The topological polar surface area (TPSA) is 60.0 Å². The highest BCUT2D eigenvalue weighted by Crippen LogP contribution is 2.40. The third kappa shape index (κ3) is 4.78. The Morgan fingerprint density at radius 2 is 1.89 bits per heavy atom. The predicted molar refractivity (Wildman–Crippen MR) is 109 cm³/mol. The van der Waals surface area contributed by atoms with Crippen LogP contribution in [-0.4, -0.2) is 56.0 Å². The lowest BCUT2D eigenvalue weighted by atomic mass is 9.74. The average molecular weight is 391 g/mol. The summed E-state index contributed by atoms with van der Waals surface area (Å²) in [7, 11) is 1.68. The molecule has 6 heteroatoms. The van der Waals surface area contributed by atoms with Crippen LogP contribution in [-0.2, 0) is 9.47 Å². The van der Waals surface area contributed by atoms with E-state index in [2.05, 4.69) is 24.4 Å². The van der Waals surface area contributed by atoms with Gasteiger partial charge in [0.15, 0.2) is 0 Å². The molecule has 2 atom stereocenters. The number of nitrogens with zero attached hydrogens (tertiary/aromatic N) is 1. The average Bonchev–Trinajstić information content (AvgIpc) is 3.02. The molecular formula is C22H34N2O4. The fourth-order valence-corrected chi connectivity index (χ4v) is 4.13. The van der Waals surface area contributed by atoms with Crippen molar-refractivity contribution in [2.45, 2.75) is 58.2 Å². The van der Waals surface area contributed by atoms with Crippen molar-refractivity contribution in [1.29, 1.82) is 0 Å². The van der Waals surface area contributed by atoms with Gasteiger partial charge in [0.1, 0.15) is 11.4 Å². The van der Waals surface area contributed by atoms with Crippen molar-refractivity contribution in [3.8, 4) is 5.75 Å². The van der Waals surface area contributed by atoms with Crippen LogP contribution in [0.2, 0.25) is 0 Å². The van der Waals surface area contributed by atoms with Gasteiger partial charge in [-0.2, -0.15) is 0 Å². The van der Waals surface area contributed by atoms with Crippen molar-refractivity contribution in [2.75, 3.05) is 33.4 Å². The Kier molecular flexibility index (Phi) is 6.20. The lowest BCUT2D eigenvalue weighted by Gasteiger charge is -2.43. The summed E-state index contributed by atoms with van der Waals surface area (Å²) in [5.74, 6) is 0.867. The molecule has 1 spiro atoms. The van der Waals surface area contributed by atoms with E-state index in [4.69, 9.17) is 14.2 Å². The van der Waals surface area contributed by atoms with Gasteiger partial charge < -0.3 is 24.4 Å². The number of likely N-dealkylation sites (tertiary alicyclic amines) is 1. The van der Waals surface area contributed by atoms with Crippen LogP contribution in [0.5, 0.6) is 5.75 Å². The number of hydrogen-bond acceptors (Lipinski definition) is 5. The van der Waals surface area contributed by atoms with Gasteiger partial charge in [-0.15, -0.1) is 0 Å². The van der Waals surface area contributed by atoms with E-state index in [-0.39, 0.29) is 23.6 Å². The molecule has 2 fully saturated rings. The molecule has 2 saturated heterocycles. The van der Waals surface area contributed by atoms with Gasteiger partial charge in [0.05, 0.1) is 20.3 Å². The lowest BCUT2D eigenvalue weighted by molar-refractivity contribution is 0.00561. The first-order valence-electron chi connectivity index (χ1n) is 10.2. The van der Waals surface area contributed by atoms with Crippen molar-refractivity contribution in [3.63, 3.8) is 0 Å². The fraction of sp³-hybridized carbons (Fsp3) is 0.682. The molecule has 3 rings (SSSR count). The van der Waals surface area contributed by atoms with E-state index in [0.29, 0.717) is 19.7 Å². The maximum Gasteiger partial charge on any atom is 0.410 e. The van der Waals surface area contributed by atoms with Crippen molar-refractivity contribution in [3.05, 3.63) is 29.8 Å². The molecule has 0 aliphatic carbocycles. The van der Waals surface area contributed by atoms with Crippen molar-refractivity contribution >= 4 is 6.09 Å². The van der Waals surface area contributed by atoms with E-state index >= 15 is 0 Å². The van der Waals surface area contributed by atoms with E-state index in [1.165, 1.54) is 5.56 Å². The van der Waals surface area contributed by atoms with E-state index in [0.717, 1.165) is 25.2 Å². The minimum atomic E-state index is -0.458. The fourth-order valence-electron chi connectivity index (χ4n) is 4.13. The van der Waals surface area contributed by atoms with E-state index in [1.807, 2.05) is 37.8 Å². The van der Waals surface area contributed by atoms with Crippen molar-refractivity contribution < 1.29 is 19.0 Å². The molecule has 6 nitrogen and oxygen atoms in total. The number of benzene rings is 1. The second kappa shape index (κ2) is 8.29. The van der Waals surface area contributed by atoms with Crippen LogP contribution < -0.4 is 10.1 Å². The SMILES string of the molecule is COc1ccc([C@@H](C)N[C@@H]2COCC23CCN(C(=O)OC(C)(C)C)CC3)cc1. The van der Waals surface area contributed by atoms with Crippen LogP contribution >= 0.6 is 0 Å². The molecule has 1 aromatic carbocycles. The van der Waals surface area contributed by atoms with E-state index < -0.39 is 5.60 Å². The summed E-state index contributed by atoms with van der Waals surface area (Å²) in [6, 6.07) is 8.69. The van der Waals surface area contributed by atoms with Crippen LogP contribution in [0.15, 0.2) is 24.3 Å². The maximum atomic E-state index is 12.4. The first-order chi connectivity index (χ1) is 13.2. The zero-order valence-corrected chi connectivity index (χ0v) is 17.8. The summed E-state index contributed by atoms with van der Waals surface area (Å²) in [6.07, 6.45) is 1.65. The molecule has 28 heavy (non-hydrogen) atoms. The molecule has 0 bridgehead atoms. The van der Waals surface area contributed by atoms with E-state index in [9.17, 15) is 4.79 Å².